The van der Waals surface area contributed by atoms with Crippen LogP contribution in [0.25, 0.3) is 28.2 Å². The van der Waals surface area contributed by atoms with Crippen molar-refractivity contribution in [2.45, 2.75) is 6.54 Å². The third-order valence-corrected chi connectivity index (χ3v) is 6.69. The van der Waals surface area contributed by atoms with Crippen LogP contribution in [0.4, 0.5) is 4.79 Å². The van der Waals surface area contributed by atoms with Gasteiger partial charge in [0.25, 0.3) is 11.1 Å². The molecule has 0 radical (unpaired) electrons. The van der Waals surface area contributed by atoms with Gasteiger partial charge in [0.1, 0.15) is 11.5 Å². The highest BCUT2D eigenvalue weighted by molar-refractivity contribution is 8.18. The number of amides is 2. The van der Waals surface area contributed by atoms with E-state index in [4.69, 9.17) is 21.1 Å². The Balaban J connectivity index is 1.38. The number of fused-ring (bicyclic) bond motifs is 1. The van der Waals surface area contributed by atoms with Crippen molar-refractivity contribution in [1.82, 2.24) is 4.90 Å². The number of halogens is 1. The van der Waals surface area contributed by atoms with E-state index in [-0.39, 0.29) is 33.2 Å². The Morgan fingerprint density at radius 1 is 1.03 bits per heavy atom. The van der Waals surface area contributed by atoms with Crippen LogP contribution in [0.5, 0.6) is 0 Å². The second kappa shape index (κ2) is 8.85. The van der Waals surface area contributed by atoms with Gasteiger partial charge in [-0.3, -0.25) is 14.5 Å². The lowest BCUT2D eigenvalue weighted by Gasteiger charge is -2.14. The van der Waals surface area contributed by atoms with Crippen molar-refractivity contribution in [3.05, 3.63) is 99.6 Å². The number of carboxylic acids is 1. The fourth-order valence-corrected chi connectivity index (χ4v) is 4.87. The van der Waals surface area contributed by atoms with Crippen LogP contribution in [0.2, 0.25) is 5.02 Å². The molecular formula is C26H16ClNO5S. The van der Waals surface area contributed by atoms with Crippen molar-refractivity contribution in [1.29, 1.82) is 0 Å². The van der Waals surface area contributed by atoms with E-state index in [1.807, 2.05) is 42.5 Å². The zero-order valence-corrected chi connectivity index (χ0v) is 19.1. The van der Waals surface area contributed by atoms with Gasteiger partial charge in [-0.1, -0.05) is 60.1 Å². The molecular weight excluding hydrogens is 474 g/mol. The van der Waals surface area contributed by atoms with Gasteiger partial charge in [-0.2, -0.15) is 0 Å². The van der Waals surface area contributed by atoms with Gasteiger partial charge >= 0.3 is 5.97 Å². The van der Waals surface area contributed by atoms with Crippen molar-refractivity contribution in [3.63, 3.8) is 0 Å². The lowest BCUT2D eigenvalue weighted by molar-refractivity contribution is -0.123. The molecule has 5 rings (SSSR count). The second-order valence-electron chi connectivity index (χ2n) is 7.61. The predicted octanol–water partition coefficient (Wildman–Crippen LogP) is 6.69. The standard InChI is InChI=1S/C26H16ClNO5S/c27-21-12-16(8-10-20(21)25(30)31)22-11-9-18(33-22)13-23-24(29)28(26(32)34-23)14-17-6-3-5-15-4-1-2-7-19(15)17/h1-13H,14H2,(H,30,31)/b23-13-. The third-order valence-electron chi connectivity index (χ3n) is 5.47. The molecule has 0 bridgehead atoms. The zero-order valence-electron chi connectivity index (χ0n) is 17.5. The molecule has 8 heteroatoms. The van der Waals surface area contributed by atoms with E-state index >= 15 is 0 Å². The summed E-state index contributed by atoms with van der Waals surface area (Å²) in [5.41, 5.74) is 1.49. The van der Waals surface area contributed by atoms with Crippen LogP contribution in [-0.4, -0.2) is 27.1 Å². The van der Waals surface area contributed by atoms with Gasteiger partial charge in [0.05, 0.1) is 22.0 Å². The number of hydrogen-bond acceptors (Lipinski definition) is 5. The van der Waals surface area contributed by atoms with Crippen LogP contribution in [0.1, 0.15) is 21.7 Å². The Morgan fingerprint density at radius 3 is 2.62 bits per heavy atom. The van der Waals surface area contributed by atoms with Crippen LogP contribution in [0.15, 0.2) is 82.1 Å². The summed E-state index contributed by atoms with van der Waals surface area (Å²) in [6.45, 7) is 0.182. The molecule has 3 aromatic carbocycles. The van der Waals surface area contributed by atoms with Crippen molar-refractivity contribution in [2.75, 3.05) is 0 Å². The molecule has 1 fully saturated rings. The first-order valence-electron chi connectivity index (χ1n) is 10.3. The van der Waals surface area contributed by atoms with E-state index < -0.39 is 5.97 Å². The molecule has 1 aromatic heterocycles. The average molecular weight is 490 g/mol. The number of furan rings is 1. The highest BCUT2D eigenvalue weighted by Crippen LogP contribution is 2.35. The maximum absolute atomic E-state index is 13.0. The molecule has 1 saturated heterocycles. The number of carboxylic acid groups (broad SMARTS) is 1. The largest absolute Gasteiger partial charge is 0.478 e. The topological polar surface area (TPSA) is 87.8 Å². The van der Waals surface area contributed by atoms with E-state index in [1.54, 1.807) is 18.2 Å². The number of nitrogens with zero attached hydrogens (tertiary/aromatic N) is 1. The Bertz CT molecular complexity index is 1500. The maximum Gasteiger partial charge on any atom is 0.337 e. The van der Waals surface area contributed by atoms with Crippen molar-refractivity contribution in [2.24, 2.45) is 0 Å². The van der Waals surface area contributed by atoms with Gasteiger partial charge < -0.3 is 9.52 Å². The van der Waals surface area contributed by atoms with E-state index in [0.717, 1.165) is 28.1 Å². The van der Waals surface area contributed by atoms with Gasteiger partial charge in [0.2, 0.25) is 0 Å². The van der Waals surface area contributed by atoms with Gasteiger partial charge in [0.15, 0.2) is 0 Å². The van der Waals surface area contributed by atoms with Gasteiger partial charge in [-0.25, -0.2) is 4.79 Å². The predicted molar refractivity (Wildman–Crippen MR) is 132 cm³/mol. The molecule has 1 aliphatic rings. The van der Waals surface area contributed by atoms with Crippen LogP contribution in [0, 0.1) is 0 Å². The minimum atomic E-state index is -1.11. The smallest absolute Gasteiger partial charge is 0.337 e. The number of carbonyl (C=O) groups is 3. The Kier molecular flexibility index (Phi) is 5.73. The third kappa shape index (κ3) is 4.11. The zero-order chi connectivity index (χ0) is 23.8. The molecule has 0 atom stereocenters. The van der Waals surface area contributed by atoms with Gasteiger partial charge in [0, 0.05) is 11.6 Å². The Labute approximate surface area is 203 Å². The molecule has 2 amide bonds. The molecule has 0 saturated carbocycles. The summed E-state index contributed by atoms with van der Waals surface area (Å²) >= 11 is 6.91. The molecule has 0 unspecified atom stereocenters. The first-order chi connectivity index (χ1) is 16.4. The highest BCUT2D eigenvalue weighted by Gasteiger charge is 2.35. The van der Waals surface area contributed by atoms with Gasteiger partial charge in [-0.15, -0.1) is 0 Å². The van der Waals surface area contributed by atoms with Crippen LogP contribution in [0.3, 0.4) is 0 Å². The molecule has 0 spiro atoms. The highest BCUT2D eigenvalue weighted by atomic mass is 35.5. The van der Waals surface area contributed by atoms with E-state index in [0.29, 0.717) is 17.1 Å². The number of carbonyl (C=O) groups excluding carboxylic acids is 2. The first kappa shape index (κ1) is 22.0. The fourth-order valence-electron chi connectivity index (χ4n) is 3.79. The number of benzene rings is 3. The number of aromatic carboxylic acids is 1. The lowest BCUT2D eigenvalue weighted by atomic mass is 10.0. The summed E-state index contributed by atoms with van der Waals surface area (Å²) in [6.07, 6.45) is 1.53. The molecule has 1 N–H and O–H groups in total. The average Bonchev–Trinajstić information content (AvgIpc) is 3.39. The molecule has 34 heavy (non-hydrogen) atoms. The summed E-state index contributed by atoms with van der Waals surface area (Å²) in [5.74, 6) is -0.644. The van der Waals surface area contributed by atoms with Crippen molar-refractivity contribution < 1.29 is 23.9 Å². The van der Waals surface area contributed by atoms with Crippen molar-refractivity contribution >= 4 is 57.3 Å². The number of rotatable bonds is 5. The maximum atomic E-state index is 13.0. The number of imide groups is 1. The second-order valence-corrected chi connectivity index (χ2v) is 9.01. The summed E-state index contributed by atoms with van der Waals surface area (Å²) in [6, 6.07) is 21.5. The summed E-state index contributed by atoms with van der Waals surface area (Å²) in [4.78, 5) is 38.2. The number of thioether (sulfide) groups is 1. The van der Waals surface area contributed by atoms with Crippen LogP contribution < -0.4 is 0 Å². The Morgan fingerprint density at radius 2 is 1.82 bits per heavy atom. The van der Waals surface area contributed by atoms with Gasteiger partial charge in [-0.05, 0) is 52.4 Å². The molecule has 4 aromatic rings. The normalized spacial score (nSPS) is 15.0. The molecule has 6 nitrogen and oxygen atoms in total. The molecule has 0 aliphatic carbocycles. The molecule has 1 aliphatic heterocycles. The fraction of sp³-hybridized carbons (Fsp3) is 0.0385. The lowest BCUT2D eigenvalue weighted by Crippen LogP contribution is -2.27. The quantitative estimate of drug-likeness (QED) is 0.314. The minimum Gasteiger partial charge on any atom is -0.478 e. The minimum absolute atomic E-state index is 0.00272. The Hall–Kier alpha value is -3.81. The van der Waals surface area contributed by atoms with E-state index in [2.05, 4.69) is 0 Å². The monoisotopic (exact) mass is 489 g/mol. The molecule has 2 heterocycles. The summed E-state index contributed by atoms with van der Waals surface area (Å²) in [5, 5.41) is 10.9. The van der Waals surface area contributed by atoms with E-state index in [1.165, 1.54) is 23.1 Å². The SMILES string of the molecule is O=C(O)c1ccc(-c2ccc(/C=C3\SC(=O)N(Cc4cccc5ccccc45)C3=O)o2)cc1Cl. The molecule has 168 valence electrons. The van der Waals surface area contributed by atoms with Crippen molar-refractivity contribution in [3.8, 4) is 11.3 Å². The summed E-state index contributed by atoms with van der Waals surface area (Å²) in [7, 11) is 0. The van der Waals surface area contributed by atoms with E-state index in [9.17, 15) is 14.4 Å². The van der Waals surface area contributed by atoms with Crippen LogP contribution >= 0.6 is 23.4 Å². The first-order valence-corrected chi connectivity index (χ1v) is 11.5. The number of hydrogen-bond donors (Lipinski definition) is 1. The summed E-state index contributed by atoms with van der Waals surface area (Å²) < 4.78 is 5.80. The van der Waals surface area contributed by atoms with Crippen LogP contribution in [-0.2, 0) is 11.3 Å².